The van der Waals surface area contributed by atoms with Gasteiger partial charge in [-0.05, 0) is 38.0 Å². The van der Waals surface area contributed by atoms with Gasteiger partial charge in [0.05, 0.1) is 0 Å². The summed E-state index contributed by atoms with van der Waals surface area (Å²) in [5.41, 5.74) is 1.19. The smallest absolute Gasteiger partial charge is 0.115 e. The minimum absolute atomic E-state index is 0.257. The van der Waals surface area contributed by atoms with Gasteiger partial charge >= 0.3 is 0 Å². The maximum atomic E-state index is 11.1. The Morgan fingerprint density at radius 1 is 1.24 bits per heavy atom. The summed E-state index contributed by atoms with van der Waals surface area (Å²) >= 11 is 0. The van der Waals surface area contributed by atoms with Crippen molar-refractivity contribution in [3.63, 3.8) is 0 Å². The van der Waals surface area contributed by atoms with E-state index in [9.17, 15) is 9.32 Å². The van der Waals surface area contributed by atoms with E-state index in [0.717, 1.165) is 6.42 Å². The summed E-state index contributed by atoms with van der Waals surface area (Å²) in [6.07, 6.45) is 2.63. The molecule has 96 valence electrons. The number of benzene rings is 1. The van der Waals surface area contributed by atoms with Crippen LogP contribution >= 0.6 is 0 Å². The Kier molecular flexibility index (Phi) is 5.65. The zero-order valence-corrected chi connectivity index (χ0v) is 11.5. The van der Waals surface area contributed by atoms with E-state index in [4.69, 9.17) is 0 Å². The van der Waals surface area contributed by atoms with Gasteiger partial charge in [-0.15, -0.1) is 0 Å². The molecule has 0 fully saturated rings. The molecule has 3 atom stereocenters. The minimum atomic E-state index is -0.757. The molecule has 4 heteroatoms. The van der Waals surface area contributed by atoms with Gasteiger partial charge in [0.15, 0.2) is 0 Å². The first-order valence-electron chi connectivity index (χ1n) is 5.81. The van der Waals surface area contributed by atoms with Crippen molar-refractivity contribution in [2.24, 2.45) is 0 Å². The van der Waals surface area contributed by atoms with Crippen molar-refractivity contribution >= 4 is 10.8 Å². The molecule has 0 aliphatic heterocycles. The third kappa shape index (κ3) is 5.84. The number of rotatable bonds is 6. The van der Waals surface area contributed by atoms with Crippen molar-refractivity contribution in [2.45, 2.75) is 32.4 Å². The summed E-state index contributed by atoms with van der Waals surface area (Å²) in [6.45, 7) is 4.16. The fourth-order valence-corrected chi connectivity index (χ4v) is 2.73. The van der Waals surface area contributed by atoms with Gasteiger partial charge in [0.2, 0.25) is 0 Å². The highest BCUT2D eigenvalue weighted by Crippen LogP contribution is 2.11. The summed E-state index contributed by atoms with van der Waals surface area (Å²) in [5, 5.41) is 12.6. The molecule has 2 N–H and O–H groups in total. The van der Waals surface area contributed by atoms with Crippen LogP contribution in [0.3, 0.4) is 0 Å². The summed E-state index contributed by atoms with van der Waals surface area (Å²) in [5.74, 6) is 0.976. The van der Waals surface area contributed by atoms with Crippen LogP contribution in [0.1, 0.15) is 19.4 Å². The highest BCUT2D eigenvalue weighted by molar-refractivity contribution is 7.84. The fraction of sp³-hybridized carbons (Fsp3) is 0.538. The van der Waals surface area contributed by atoms with E-state index in [0.29, 0.717) is 17.5 Å². The monoisotopic (exact) mass is 255 g/mol. The number of aromatic hydroxyl groups is 1. The molecule has 1 rings (SSSR count). The molecule has 0 aromatic heterocycles. The quantitative estimate of drug-likeness (QED) is 0.813. The molecule has 17 heavy (non-hydrogen) atoms. The molecule has 3 unspecified atom stereocenters. The zero-order valence-electron chi connectivity index (χ0n) is 10.6. The van der Waals surface area contributed by atoms with Crippen molar-refractivity contribution in [1.82, 2.24) is 5.32 Å². The molecule has 0 amide bonds. The van der Waals surface area contributed by atoms with E-state index in [2.05, 4.69) is 19.2 Å². The van der Waals surface area contributed by atoms with E-state index in [-0.39, 0.29) is 6.04 Å². The number of nitrogens with one attached hydrogen (secondary N) is 1. The lowest BCUT2D eigenvalue weighted by Crippen LogP contribution is -2.38. The molecule has 0 saturated carbocycles. The van der Waals surface area contributed by atoms with Crippen LogP contribution in [-0.2, 0) is 17.2 Å². The molecule has 3 nitrogen and oxygen atoms in total. The lowest BCUT2D eigenvalue weighted by atomic mass is 10.1. The standard InChI is InChI=1S/C13H21NO2S/c1-10(14-11(2)9-17(3)16)8-12-4-6-13(15)7-5-12/h4-7,10-11,14-15H,8-9H2,1-3H3. The van der Waals surface area contributed by atoms with Crippen molar-refractivity contribution in [3.8, 4) is 5.75 Å². The summed E-state index contributed by atoms with van der Waals surface area (Å²) < 4.78 is 11.1. The molecule has 0 heterocycles. The average Bonchev–Trinajstić information content (AvgIpc) is 2.19. The van der Waals surface area contributed by atoms with Crippen LogP contribution in [0.4, 0.5) is 0 Å². The molecule has 0 bridgehead atoms. The van der Waals surface area contributed by atoms with Crippen LogP contribution in [0.15, 0.2) is 24.3 Å². The SMILES string of the molecule is CC(Cc1ccc(O)cc1)NC(C)CS(C)=O. The predicted octanol–water partition coefficient (Wildman–Crippen LogP) is 1.68. The zero-order chi connectivity index (χ0) is 12.8. The highest BCUT2D eigenvalue weighted by Gasteiger charge is 2.09. The molecule has 0 aliphatic carbocycles. The second-order valence-corrected chi connectivity index (χ2v) is 6.06. The van der Waals surface area contributed by atoms with Crippen molar-refractivity contribution in [3.05, 3.63) is 29.8 Å². The van der Waals surface area contributed by atoms with Gasteiger partial charge in [-0.3, -0.25) is 4.21 Å². The summed E-state index contributed by atoms with van der Waals surface area (Å²) in [6, 6.07) is 7.84. The third-order valence-electron chi connectivity index (χ3n) is 2.53. The highest BCUT2D eigenvalue weighted by atomic mass is 32.2. The Bertz CT molecular complexity index is 364. The first kappa shape index (κ1) is 14.2. The average molecular weight is 255 g/mol. The van der Waals surface area contributed by atoms with Crippen LogP contribution in [0, 0.1) is 0 Å². The number of phenolic OH excluding ortho intramolecular Hbond substituents is 1. The van der Waals surface area contributed by atoms with E-state index >= 15 is 0 Å². The van der Waals surface area contributed by atoms with Crippen LogP contribution in [0.25, 0.3) is 0 Å². The molecule has 0 saturated heterocycles. The fourth-order valence-electron chi connectivity index (χ4n) is 1.93. The largest absolute Gasteiger partial charge is 0.508 e. The van der Waals surface area contributed by atoms with Gasteiger partial charge in [-0.2, -0.15) is 0 Å². The van der Waals surface area contributed by atoms with Gasteiger partial charge in [-0.1, -0.05) is 12.1 Å². The Balaban J connectivity index is 2.41. The maximum Gasteiger partial charge on any atom is 0.115 e. The van der Waals surface area contributed by atoms with Gasteiger partial charge in [-0.25, -0.2) is 0 Å². The number of phenols is 1. The van der Waals surface area contributed by atoms with Gasteiger partial charge < -0.3 is 10.4 Å². The topological polar surface area (TPSA) is 49.3 Å². The lowest BCUT2D eigenvalue weighted by Gasteiger charge is -2.19. The lowest BCUT2D eigenvalue weighted by molar-refractivity contribution is 0.473. The molecular formula is C13H21NO2S. The first-order chi connectivity index (χ1) is 7.97. The molecular weight excluding hydrogens is 234 g/mol. The normalized spacial score (nSPS) is 16.4. The number of hydrogen-bond acceptors (Lipinski definition) is 3. The predicted molar refractivity (Wildman–Crippen MR) is 72.8 cm³/mol. The summed E-state index contributed by atoms with van der Waals surface area (Å²) in [7, 11) is -0.757. The Morgan fingerprint density at radius 2 is 1.82 bits per heavy atom. The van der Waals surface area contributed by atoms with E-state index in [1.54, 1.807) is 18.4 Å². The van der Waals surface area contributed by atoms with Crippen LogP contribution < -0.4 is 5.32 Å². The van der Waals surface area contributed by atoms with Crippen LogP contribution in [0.5, 0.6) is 5.75 Å². The second-order valence-electron chi connectivity index (χ2n) is 4.58. The molecule has 0 spiro atoms. The van der Waals surface area contributed by atoms with Crippen molar-refractivity contribution < 1.29 is 9.32 Å². The van der Waals surface area contributed by atoms with Crippen LogP contribution in [-0.4, -0.2) is 33.4 Å². The van der Waals surface area contributed by atoms with Crippen molar-refractivity contribution in [2.75, 3.05) is 12.0 Å². The summed E-state index contributed by atoms with van der Waals surface area (Å²) in [4.78, 5) is 0. The third-order valence-corrected chi connectivity index (χ3v) is 3.50. The Labute approximate surface area is 106 Å². The number of hydrogen-bond donors (Lipinski definition) is 2. The second kappa shape index (κ2) is 6.77. The minimum Gasteiger partial charge on any atom is -0.508 e. The van der Waals surface area contributed by atoms with Gasteiger partial charge in [0.1, 0.15) is 5.75 Å². The Hall–Kier alpha value is -0.870. The molecule has 0 aliphatic rings. The van der Waals surface area contributed by atoms with Gasteiger partial charge in [0.25, 0.3) is 0 Å². The maximum absolute atomic E-state index is 11.1. The van der Waals surface area contributed by atoms with Gasteiger partial charge in [0, 0.05) is 34.9 Å². The van der Waals surface area contributed by atoms with E-state index in [1.165, 1.54) is 5.56 Å². The van der Waals surface area contributed by atoms with E-state index in [1.807, 2.05) is 12.1 Å². The molecule has 1 aromatic carbocycles. The van der Waals surface area contributed by atoms with Crippen molar-refractivity contribution in [1.29, 1.82) is 0 Å². The van der Waals surface area contributed by atoms with E-state index < -0.39 is 10.8 Å². The first-order valence-corrected chi connectivity index (χ1v) is 7.54. The Morgan fingerprint density at radius 3 is 2.35 bits per heavy atom. The molecule has 1 aromatic rings. The molecule has 0 radical (unpaired) electrons. The van der Waals surface area contributed by atoms with Crippen LogP contribution in [0.2, 0.25) is 0 Å².